The third kappa shape index (κ3) is 4.94. The highest BCUT2D eigenvalue weighted by Crippen LogP contribution is 2.27. The highest BCUT2D eigenvalue weighted by molar-refractivity contribution is 7.91. The van der Waals surface area contributed by atoms with Crippen LogP contribution >= 0.6 is 23.2 Å². The lowest BCUT2D eigenvalue weighted by molar-refractivity contribution is -0.137. The largest absolute Gasteiger partial charge is 0.340 e. The monoisotopic (exact) mass is 497 g/mol. The lowest BCUT2D eigenvalue weighted by atomic mass is 10.1. The first-order chi connectivity index (χ1) is 13.9. The Balaban J connectivity index is 1.61. The molecule has 8 nitrogen and oxygen atoms in total. The molecule has 1 aromatic rings. The maximum atomic E-state index is 12.9. The summed E-state index contributed by atoms with van der Waals surface area (Å²) in [6.07, 6.45) is 0.451. The smallest absolute Gasteiger partial charge is 0.243 e. The molecule has 2 aliphatic heterocycles. The second-order valence-electron chi connectivity index (χ2n) is 7.70. The topological polar surface area (TPSA) is 95.1 Å². The molecule has 2 heterocycles. The molecule has 2 fully saturated rings. The van der Waals surface area contributed by atoms with E-state index in [1.807, 2.05) is 4.90 Å². The van der Waals surface area contributed by atoms with E-state index in [2.05, 4.69) is 0 Å². The number of likely N-dealkylation sites (N-methyl/N-ethyl adjacent to an activating group) is 1. The zero-order valence-corrected chi connectivity index (χ0v) is 19.9. The van der Waals surface area contributed by atoms with Crippen LogP contribution < -0.4 is 0 Å². The lowest BCUT2D eigenvalue weighted by Crippen LogP contribution is -2.56. The Bertz CT molecular complexity index is 1020. The Kier molecular flexibility index (Phi) is 7.06. The van der Waals surface area contributed by atoms with Gasteiger partial charge in [0.05, 0.1) is 32.5 Å². The van der Waals surface area contributed by atoms with Crippen molar-refractivity contribution in [3.8, 4) is 0 Å². The normalized spacial score (nSPS) is 23.9. The van der Waals surface area contributed by atoms with Crippen LogP contribution in [0.3, 0.4) is 0 Å². The molecule has 0 N–H and O–H groups in total. The number of benzene rings is 1. The van der Waals surface area contributed by atoms with Crippen LogP contribution in [0.5, 0.6) is 0 Å². The maximum Gasteiger partial charge on any atom is 0.243 e. The van der Waals surface area contributed by atoms with Crippen LogP contribution in [-0.4, -0.2) is 93.7 Å². The number of carbonyl (C=O) groups excluding carboxylic acids is 1. The van der Waals surface area contributed by atoms with E-state index in [9.17, 15) is 21.6 Å². The van der Waals surface area contributed by atoms with Crippen LogP contribution in [0.25, 0.3) is 0 Å². The van der Waals surface area contributed by atoms with E-state index < -0.39 is 25.9 Å². The molecule has 0 unspecified atom stereocenters. The number of piperazine rings is 1. The fourth-order valence-corrected chi connectivity index (χ4v) is 7.42. The minimum Gasteiger partial charge on any atom is -0.340 e. The molecular formula is C18H25Cl2N3O5S2. The summed E-state index contributed by atoms with van der Waals surface area (Å²) in [7, 11) is -5.16. The summed E-state index contributed by atoms with van der Waals surface area (Å²) in [6.45, 7) is 3.03. The molecular weight excluding hydrogens is 473 g/mol. The molecule has 2 aliphatic rings. The van der Waals surface area contributed by atoms with E-state index in [-0.39, 0.29) is 51.5 Å². The molecule has 2 atom stereocenters. The van der Waals surface area contributed by atoms with Crippen molar-refractivity contribution in [2.45, 2.75) is 30.3 Å². The molecule has 1 amide bonds. The van der Waals surface area contributed by atoms with E-state index in [1.54, 1.807) is 14.0 Å². The number of hydrogen-bond donors (Lipinski definition) is 0. The molecule has 0 aliphatic carbocycles. The van der Waals surface area contributed by atoms with E-state index in [4.69, 9.17) is 23.2 Å². The standard InChI is InChI=1S/C18H25Cl2N3O5S2/c1-13(18(24)21(2)14-5-10-29(25,26)12-14)22-6-8-23(9-7-22)30(27,28)15-3-4-16(19)17(20)11-15/h3-4,11,13-14H,5-10,12H2,1-2H3/t13-,14+/m0/s1. The number of carbonyl (C=O) groups is 1. The Hall–Kier alpha value is -0.910. The predicted octanol–water partition coefficient (Wildman–Crippen LogP) is 1.33. The quantitative estimate of drug-likeness (QED) is 0.608. The molecule has 0 aromatic heterocycles. The number of halogens is 2. The van der Waals surface area contributed by atoms with Crippen molar-refractivity contribution in [3.63, 3.8) is 0 Å². The first-order valence-corrected chi connectivity index (χ1v) is 13.6. The summed E-state index contributed by atoms with van der Waals surface area (Å²) in [5, 5.41) is 0.458. The third-order valence-electron chi connectivity index (χ3n) is 5.81. The van der Waals surface area contributed by atoms with Gasteiger partial charge < -0.3 is 4.90 Å². The van der Waals surface area contributed by atoms with Crippen molar-refractivity contribution in [1.82, 2.24) is 14.1 Å². The lowest BCUT2D eigenvalue weighted by Gasteiger charge is -2.38. The average Bonchev–Trinajstić information content (AvgIpc) is 3.08. The van der Waals surface area contributed by atoms with Gasteiger partial charge in [-0.25, -0.2) is 16.8 Å². The van der Waals surface area contributed by atoms with Gasteiger partial charge in [0, 0.05) is 39.3 Å². The zero-order valence-electron chi connectivity index (χ0n) is 16.8. The van der Waals surface area contributed by atoms with Gasteiger partial charge >= 0.3 is 0 Å². The van der Waals surface area contributed by atoms with Crippen LogP contribution in [0.4, 0.5) is 0 Å². The van der Waals surface area contributed by atoms with Gasteiger partial charge in [-0.05, 0) is 31.5 Å². The fourth-order valence-electron chi connectivity index (χ4n) is 3.83. The summed E-state index contributed by atoms with van der Waals surface area (Å²) >= 11 is 11.8. The number of amides is 1. The van der Waals surface area contributed by atoms with Crippen molar-refractivity contribution in [2.75, 3.05) is 44.7 Å². The Morgan fingerprint density at radius 1 is 1.17 bits per heavy atom. The van der Waals surface area contributed by atoms with E-state index in [1.165, 1.54) is 27.4 Å². The summed E-state index contributed by atoms with van der Waals surface area (Å²) in [5.74, 6) is -0.0510. The average molecular weight is 498 g/mol. The highest BCUT2D eigenvalue weighted by Gasteiger charge is 2.37. The number of nitrogens with zero attached hydrogens (tertiary/aromatic N) is 3. The van der Waals surface area contributed by atoms with E-state index in [0.717, 1.165) is 0 Å². The van der Waals surface area contributed by atoms with Crippen molar-refractivity contribution in [1.29, 1.82) is 0 Å². The third-order valence-corrected chi connectivity index (χ3v) is 10.2. The van der Waals surface area contributed by atoms with Crippen molar-refractivity contribution in [2.24, 2.45) is 0 Å². The number of hydrogen-bond acceptors (Lipinski definition) is 6. The molecule has 2 saturated heterocycles. The van der Waals surface area contributed by atoms with Crippen LogP contribution in [0.15, 0.2) is 23.1 Å². The van der Waals surface area contributed by atoms with Gasteiger partial charge in [0.25, 0.3) is 0 Å². The van der Waals surface area contributed by atoms with Gasteiger partial charge in [0.15, 0.2) is 9.84 Å². The van der Waals surface area contributed by atoms with Gasteiger partial charge in [-0.15, -0.1) is 0 Å². The molecule has 1 aromatic carbocycles. The molecule has 0 saturated carbocycles. The molecule has 0 spiro atoms. The highest BCUT2D eigenvalue weighted by atomic mass is 35.5. The minimum atomic E-state index is -3.71. The van der Waals surface area contributed by atoms with Crippen LogP contribution in [0.1, 0.15) is 13.3 Å². The molecule has 12 heteroatoms. The van der Waals surface area contributed by atoms with Gasteiger partial charge in [0.1, 0.15) is 0 Å². The Labute approximate surface area is 187 Å². The predicted molar refractivity (Wildman–Crippen MR) is 116 cm³/mol. The first kappa shape index (κ1) is 23.7. The van der Waals surface area contributed by atoms with Crippen LogP contribution in [-0.2, 0) is 24.7 Å². The Morgan fingerprint density at radius 3 is 2.33 bits per heavy atom. The van der Waals surface area contributed by atoms with E-state index >= 15 is 0 Å². The van der Waals surface area contributed by atoms with Crippen LogP contribution in [0, 0.1) is 0 Å². The maximum absolute atomic E-state index is 12.9. The fraction of sp³-hybridized carbons (Fsp3) is 0.611. The van der Waals surface area contributed by atoms with Gasteiger partial charge in [-0.1, -0.05) is 23.2 Å². The number of rotatable bonds is 5. The molecule has 30 heavy (non-hydrogen) atoms. The molecule has 0 radical (unpaired) electrons. The van der Waals surface area contributed by atoms with Gasteiger partial charge in [-0.2, -0.15) is 4.31 Å². The Morgan fingerprint density at radius 2 is 1.80 bits per heavy atom. The summed E-state index contributed by atoms with van der Waals surface area (Å²) in [4.78, 5) is 16.4. The van der Waals surface area contributed by atoms with Gasteiger partial charge in [-0.3, -0.25) is 9.69 Å². The molecule has 3 rings (SSSR count). The molecule has 0 bridgehead atoms. The molecule has 168 valence electrons. The van der Waals surface area contributed by atoms with Crippen LogP contribution in [0.2, 0.25) is 10.0 Å². The summed E-state index contributed by atoms with van der Waals surface area (Å²) in [6, 6.07) is 3.44. The van der Waals surface area contributed by atoms with Crippen molar-refractivity contribution in [3.05, 3.63) is 28.2 Å². The minimum absolute atomic E-state index is 0.00235. The van der Waals surface area contributed by atoms with Crippen molar-refractivity contribution < 1.29 is 21.6 Å². The van der Waals surface area contributed by atoms with E-state index in [0.29, 0.717) is 19.5 Å². The number of sulfonamides is 1. The SMILES string of the molecule is C[C@@H](C(=O)N(C)[C@@H]1CCS(=O)(=O)C1)N1CCN(S(=O)(=O)c2ccc(Cl)c(Cl)c2)CC1. The summed E-state index contributed by atoms with van der Waals surface area (Å²) in [5.41, 5.74) is 0. The summed E-state index contributed by atoms with van der Waals surface area (Å²) < 4.78 is 50.5. The number of sulfone groups is 1. The first-order valence-electron chi connectivity index (χ1n) is 9.59. The van der Waals surface area contributed by atoms with Gasteiger partial charge in [0.2, 0.25) is 15.9 Å². The second kappa shape index (κ2) is 8.91. The second-order valence-corrected chi connectivity index (χ2v) is 12.7. The van der Waals surface area contributed by atoms with Crippen molar-refractivity contribution >= 4 is 49.0 Å². The zero-order chi connectivity index (χ0) is 22.3.